The average Bonchev–Trinajstić information content (AvgIpc) is 2.88. The summed E-state index contributed by atoms with van der Waals surface area (Å²) < 4.78 is 32.9. The SMILES string of the molecule is CCCCCCCCCCCCCCCCCCCCCCCCCCCc1ccc(S(=O)(=O)[O-])cc1.[K+]. The van der Waals surface area contributed by atoms with Crippen molar-refractivity contribution in [1.82, 2.24) is 0 Å². The summed E-state index contributed by atoms with van der Waals surface area (Å²) in [5.74, 6) is 0. The zero-order valence-corrected chi connectivity index (χ0v) is 29.3. The smallest absolute Gasteiger partial charge is 0.744 e. The van der Waals surface area contributed by atoms with Crippen LogP contribution in [-0.4, -0.2) is 13.0 Å². The third-order valence-electron chi connectivity index (χ3n) is 7.78. The molecule has 1 rings (SSSR count). The molecule has 3 nitrogen and oxygen atoms in total. The molecule has 0 aliphatic heterocycles. The number of aryl methyl sites for hydroxylation is 1. The molecule has 216 valence electrons. The molecule has 5 heteroatoms. The molecule has 1 aromatic carbocycles. The summed E-state index contributed by atoms with van der Waals surface area (Å²) in [4.78, 5) is -0.133. The number of unbranched alkanes of at least 4 members (excludes halogenated alkanes) is 24. The quantitative estimate of drug-likeness (QED) is 0.0609. The van der Waals surface area contributed by atoms with Crippen molar-refractivity contribution < 1.29 is 64.4 Å². The average molecular weight is 575 g/mol. The Hall–Kier alpha value is 0.766. The Morgan fingerprint density at radius 1 is 0.474 bits per heavy atom. The first-order chi connectivity index (χ1) is 18.0. The fraction of sp³-hybridized carbons (Fsp3) is 0.818. The van der Waals surface area contributed by atoms with Gasteiger partial charge in [0, 0.05) is 0 Å². The number of hydrogen-bond donors (Lipinski definition) is 0. The van der Waals surface area contributed by atoms with Crippen LogP contribution in [0.5, 0.6) is 0 Å². The van der Waals surface area contributed by atoms with Crippen LogP contribution in [0.3, 0.4) is 0 Å². The van der Waals surface area contributed by atoms with E-state index < -0.39 is 10.1 Å². The molecule has 0 N–H and O–H groups in total. The van der Waals surface area contributed by atoms with Gasteiger partial charge in [0.1, 0.15) is 10.1 Å². The van der Waals surface area contributed by atoms with Gasteiger partial charge < -0.3 is 4.55 Å². The number of benzene rings is 1. The van der Waals surface area contributed by atoms with Crippen molar-refractivity contribution in [1.29, 1.82) is 0 Å². The van der Waals surface area contributed by atoms with E-state index in [-0.39, 0.29) is 56.3 Å². The summed E-state index contributed by atoms with van der Waals surface area (Å²) in [5.41, 5.74) is 1.11. The summed E-state index contributed by atoms with van der Waals surface area (Å²) in [6, 6.07) is 6.39. The van der Waals surface area contributed by atoms with Crippen LogP contribution in [0.1, 0.15) is 173 Å². The minimum absolute atomic E-state index is 0. The summed E-state index contributed by atoms with van der Waals surface area (Å²) >= 11 is 0. The third kappa shape index (κ3) is 24.6. The molecule has 0 fully saturated rings. The molecular formula is C33H59KO3S. The Bertz CT molecular complexity index is 718. The van der Waals surface area contributed by atoms with Gasteiger partial charge >= 0.3 is 51.4 Å². The molecule has 0 spiro atoms. The van der Waals surface area contributed by atoms with E-state index in [1.807, 2.05) is 0 Å². The predicted molar refractivity (Wildman–Crippen MR) is 159 cm³/mol. The van der Waals surface area contributed by atoms with Crippen LogP contribution in [0.25, 0.3) is 0 Å². The van der Waals surface area contributed by atoms with E-state index in [0.717, 1.165) is 18.4 Å². The maximum Gasteiger partial charge on any atom is 1.00 e. The van der Waals surface area contributed by atoms with Gasteiger partial charge in [-0.2, -0.15) is 0 Å². The molecule has 0 unspecified atom stereocenters. The van der Waals surface area contributed by atoms with Gasteiger partial charge in [-0.3, -0.25) is 0 Å². The molecule has 1 aromatic rings. The second-order valence-corrected chi connectivity index (χ2v) is 12.7. The van der Waals surface area contributed by atoms with Crippen LogP contribution >= 0.6 is 0 Å². The first kappa shape index (κ1) is 38.8. The van der Waals surface area contributed by atoms with E-state index in [9.17, 15) is 13.0 Å². The van der Waals surface area contributed by atoms with Crippen molar-refractivity contribution in [3.05, 3.63) is 29.8 Å². The maximum atomic E-state index is 11.0. The Morgan fingerprint density at radius 2 is 0.737 bits per heavy atom. The van der Waals surface area contributed by atoms with Crippen LogP contribution in [0.4, 0.5) is 0 Å². The van der Waals surface area contributed by atoms with Crippen LogP contribution in [0.2, 0.25) is 0 Å². The topological polar surface area (TPSA) is 57.2 Å². The molecule has 0 bridgehead atoms. The minimum atomic E-state index is -4.33. The van der Waals surface area contributed by atoms with E-state index in [4.69, 9.17) is 0 Å². The van der Waals surface area contributed by atoms with Crippen molar-refractivity contribution >= 4 is 10.1 Å². The van der Waals surface area contributed by atoms with Crippen molar-refractivity contribution in [2.45, 2.75) is 179 Å². The third-order valence-corrected chi connectivity index (χ3v) is 8.63. The Kier molecular flexibility index (Phi) is 28.5. The molecule has 0 radical (unpaired) electrons. The molecule has 38 heavy (non-hydrogen) atoms. The van der Waals surface area contributed by atoms with E-state index in [0.29, 0.717) is 0 Å². The number of hydrogen-bond acceptors (Lipinski definition) is 3. The normalized spacial score (nSPS) is 11.5. The van der Waals surface area contributed by atoms with Crippen molar-refractivity contribution in [2.75, 3.05) is 0 Å². The van der Waals surface area contributed by atoms with Gasteiger partial charge in [-0.25, -0.2) is 8.42 Å². The van der Waals surface area contributed by atoms with Crippen LogP contribution in [0.15, 0.2) is 29.2 Å². The van der Waals surface area contributed by atoms with Gasteiger partial charge in [-0.1, -0.05) is 173 Å². The number of rotatable bonds is 27. The van der Waals surface area contributed by atoms with Gasteiger partial charge in [-0.05, 0) is 30.5 Å². The summed E-state index contributed by atoms with van der Waals surface area (Å²) in [6.45, 7) is 2.29. The van der Waals surface area contributed by atoms with Gasteiger partial charge in [-0.15, -0.1) is 0 Å². The zero-order chi connectivity index (χ0) is 26.9. The van der Waals surface area contributed by atoms with Gasteiger partial charge in [0.15, 0.2) is 0 Å². The summed E-state index contributed by atoms with van der Waals surface area (Å²) in [7, 11) is -4.33. The monoisotopic (exact) mass is 574 g/mol. The molecule has 0 saturated heterocycles. The minimum Gasteiger partial charge on any atom is -0.744 e. The van der Waals surface area contributed by atoms with Crippen LogP contribution in [-0.2, 0) is 16.5 Å². The van der Waals surface area contributed by atoms with Crippen LogP contribution in [0, 0.1) is 0 Å². The maximum absolute atomic E-state index is 11.0. The molecule has 0 aliphatic carbocycles. The standard InChI is InChI=1S/C33H60O3S.K/c1-2-3-4-5-6-7-8-9-10-11-12-13-14-15-16-17-18-19-20-21-22-23-24-25-26-27-32-28-30-33(31-29-32)37(34,35)36;/h28-31H,2-27H2,1H3,(H,34,35,36);/q;+1/p-1. The fourth-order valence-electron chi connectivity index (χ4n) is 5.29. The van der Waals surface area contributed by atoms with E-state index >= 15 is 0 Å². The van der Waals surface area contributed by atoms with Gasteiger partial charge in [0.05, 0.1) is 4.90 Å². The Labute approximate surface area is 280 Å². The summed E-state index contributed by atoms with van der Waals surface area (Å²) in [6.07, 6.45) is 36.0. The van der Waals surface area contributed by atoms with E-state index in [1.165, 1.54) is 166 Å². The second kappa shape index (κ2) is 27.9. The molecule has 0 saturated carbocycles. The first-order valence-corrected chi connectivity index (χ1v) is 17.5. The predicted octanol–water partition coefficient (Wildman–Crippen LogP) is 7.91. The Balaban J connectivity index is 0.0000137. The first-order valence-electron chi connectivity index (χ1n) is 16.1. The van der Waals surface area contributed by atoms with Gasteiger partial charge in [0.2, 0.25) is 0 Å². The molecule has 0 amide bonds. The van der Waals surface area contributed by atoms with E-state index in [2.05, 4.69) is 6.92 Å². The molecular weight excluding hydrogens is 516 g/mol. The Morgan fingerprint density at radius 3 is 1.00 bits per heavy atom. The zero-order valence-electron chi connectivity index (χ0n) is 25.3. The molecule has 0 atom stereocenters. The largest absolute Gasteiger partial charge is 1.00 e. The molecule has 0 heterocycles. The van der Waals surface area contributed by atoms with Crippen molar-refractivity contribution in [2.24, 2.45) is 0 Å². The van der Waals surface area contributed by atoms with Crippen molar-refractivity contribution in [3.8, 4) is 0 Å². The fourth-order valence-corrected chi connectivity index (χ4v) is 5.76. The summed E-state index contributed by atoms with van der Waals surface area (Å²) in [5, 5.41) is 0. The molecule has 0 aliphatic rings. The molecule has 0 aromatic heterocycles. The van der Waals surface area contributed by atoms with Crippen molar-refractivity contribution in [3.63, 3.8) is 0 Å². The second-order valence-electron chi connectivity index (χ2n) is 11.3. The van der Waals surface area contributed by atoms with Crippen LogP contribution < -0.4 is 51.4 Å². The van der Waals surface area contributed by atoms with Gasteiger partial charge in [0.25, 0.3) is 0 Å². The van der Waals surface area contributed by atoms with E-state index in [1.54, 1.807) is 12.1 Å².